The van der Waals surface area contributed by atoms with Gasteiger partial charge < -0.3 is 19.5 Å². The third kappa shape index (κ3) is 3.05. The molecule has 1 aromatic carbocycles. The van der Waals surface area contributed by atoms with Crippen LogP contribution >= 0.6 is 0 Å². The molecule has 1 aromatic heterocycles. The molecule has 0 saturated carbocycles. The molecule has 2 N–H and O–H groups in total. The fourth-order valence-corrected chi connectivity index (χ4v) is 2.25. The van der Waals surface area contributed by atoms with Crippen LogP contribution in [-0.4, -0.2) is 34.0 Å². The largest absolute Gasteiger partial charge is 0.492 e. The highest BCUT2D eigenvalue weighted by Crippen LogP contribution is 2.27. The lowest BCUT2D eigenvalue weighted by Crippen LogP contribution is -2.20. The number of rotatable bonds is 6. The number of nitrogens with zero attached hydrogens (tertiary/aromatic N) is 1. The van der Waals surface area contributed by atoms with Crippen molar-refractivity contribution in [1.29, 1.82) is 0 Å². The Kier molecular flexibility index (Phi) is 4.59. The van der Waals surface area contributed by atoms with Gasteiger partial charge in [0.25, 0.3) is 5.56 Å². The van der Waals surface area contributed by atoms with E-state index in [1.807, 2.05) is 0 Å². The van der Waals surface area contributed by atoms with Crippen LogP contribution in [0.5, 0.6) is 5.75 Å². The summed E-state index contributed by atoms with van der Waals surface area (Å²) in [6.45, 7) is 2.47. The van der Waals surface area contributed by atoms with Gasteiger partial charge in [-0.15, -0.1) is 0 Å². The molecule has 0 fully saturated rings. The van der Waals surface area contributed by atoms with Crippen LogP contribution in [-0.2, 0) is 6.54 Å². The Morgan fingerprint density at radius 1 is 1.33 bits per heavy atom. The minimum Gasteiger partial charge on any atom is -0.492 e. The van der Waals surface area contributed by atoms with Gasteiger partial charge in [-0.2, -0.15) is 0 Å². The normalized spacial score (nSPS) is 10.8. The van der Waals surface area contributed by atoms with E-state index in [9.17, 15) is 9.59 Å². The number of ether oxygens (including phenoxy) is 1. The summed E-state index contributed by atoms with van der Waals surface area (Å²) in [6.07, 6.45) is 0.436. The van der Waals surface area contributed by atoms with E-state index < -0.39 is 5.97 Å². The smallest absolute Gasteiger partial charge is 0.335 e. The second kappa shape index (κ2) is 6.41. The molecule has 6 nitrogen and oxygen atoms in total. The topological polar surface area (TPSA) is 88.8 Å². The van der Waals surface area contributed by atoms with Crippen LogP contribution in [0.3, 0.4) is 0 Å². The molecule has 0 radical (unpaired) electrons. The summed E-state index contributed by atoms with van der Waals surface area (Å²) in [5, 5.41) is 18.7. The van der Waals surface area contributed by atoms with Crippen molar-refractivity contribution in [2.75, 3.05) is 13.2 Å². The lowest BCUT2D eigenvalue weighted by molar-refractivity contribution is 0.0696. The second-order valence-electron chi connectivity index (χ2n) is 4.55. The molecular weight excluding hydrogens is 274 g/mol. The SMILES string of the molecule is CCOc1cc(C(=O)O)cc2ccc(=O)n(CCCO)c12. The molecular formula is C15H17NO5. The Morgan fingerprint density at radius 3 is 2.71 bits per heavy atom. The van der Waals surface area contributed by atoms with Gasteiger partial charge in [0.15, 0.2) is 0 Å². The molecule has 0 bridgehead atoms. The number of carboxylic acids is 1. The average molecular weight is 291 g/mol. The van der Waals surface area contributed by atoms with E-state index in [0.29, 0.717) is 36.2 Å². The van der Waals surface area contributed by atoms with Crippen molar-refractivity contribution in [2.45, 2.75) is 19.9 Å². The zero-order chi connectivity index (χ0) is 15.4. The van der Waals surface area contributed by atoms with Crippen LogP contribution < -0.4 is 10.3 Å². The lowest BCUT2D eigenvalue weighted by atomic mass is 10.1. The van der Waals surface area contributed by atoms with Crippen LogP contribution in [0.4, 0.5) is 0 Å². The predicted molar refractivity (Wildman–Crippen MR) is 78.0 cm³/mol. The highest BCUT2D eigenvalue weighted by atomic mass is 16.5. The maximum absolute atomic E-state index is 12.0. The zero-order valence-electron chi connectivity index (χ0n) is 11.7. The number of aromatic nitrogens is 1. The third-order valence-corrected chi connectivity index (χ3v) is 3.13. The summed E-state index contributed by atoms with van der Waals surface area (Å²) < 4.78 is 7.00. The number of hydrogen-bond acceptors (Lipinski definition) is 4. The number of carbonyl (C=O) groups is 1. The van der Waals surface area contributed by atoms with Crippen LogP contribution in [0, 0.1) is 0 Å². The molecule has 21 heavy (non-hydrogen) atoms. The second-order valence-corrected chi connectivity index (χ2v) is 4.55. The predicted octanol–water partition coefficient (Wildman–Crippen LogP) is 1.48. The van der Waals surface area contributed by atoms with Gasteiger partial charge in [-0.05, 0) is 31.5 Å². The minimum atomic E-state index is -1.05. The highest BCUT2D eigenvalue weighted by Gasteiger charge is 2.14. The number of aliphatic hydroxyl groups excluding tert-OH is 1. The Hall–Kier alpha value is -2.34. The van der Waals surface area contributed by atoms with Gasteiger partial charge in [-0.25, -0.2) is 4.79 Å². The molecule has 112 valence electrons. The summed E-state index contributed by atoms with van der Waals surface area (Å²) in [7, 11) is 0. The van der Waals surface area contributed by atoms with E-state index in [1.54, 1.807) is 13.0 Å². The number of aliphatic hydroxyl groups is 1. The monoisotopic (exact) mass is 291 g/mol. The molecule has 0 saturated heterocycles. The van der Waals surface area contributed by atoms with Crippen molar-refractivity contribution in [3.8, 4) is 5.75 Å². The van der Waals surface area contributed by atoms with Gasteiger partial charge in [0.1, 0.15) is 5.75 Å². The number of fused-ring (bicyclic) bond motifs is 1. The molecule has 0 unspecified atom stereocenters. The summed E-state index contributed by atoms with van der Waals surface area (Å²) in [5.41, 5.74) is 0.459. The standard InChI is InChI=1S/C15H17NO5/c1-2-21-12-9-11(15(19)20)8-10-4-5-13(18)16(14(10)12)6-3-7-17/h4-5,8-9,17H,2-3,6-7H2,1H3,(H,19,20). The summed E-state index contributed by atoms with van der Waals surface area (Å²) >= 11 is 0. The molecule has 2 aromatic rings. The van der Waals surface area contributed by atoms with E-state index in [0.717, 1.165) is 0 Å². The molecule has 2 rings (SSSR count). The molecule has 0 amide bonds. The number of benzene rings is 1. The van der Waals surface area contributed by atoms with Gasteiger partial charge in [0.05, 0.1) is 17.7 Å². The van der Waals surface area contributed by atoms with Crippen LogP contribution in [0.15, 0.2) is 29.1 Å². The number of hydrogen-bond donors (Lipinski definition) is 2. The van der Waals surface area contributed by atoms with Crippen LogP contribution in [0.2, 0.25) is 0 Å². The summed E-state index contributed by atoms with van der Waals surface area (Å²) in [4.78, 5) is 23.2. The molecule has 0 aliphatic carbocycles. The van der Waals surface area contributed by atoms with E-state index in [-0.39, 0.29) is 17.7 Å². The molecule has 1 heterocycles. The first-order valence-electron chi connectivity index (χ1n) is 6.73. The van der Waals surface area contributed by atoms with Crippen LogP contribution in [0.1, 0.15) is 23.7 Å². The Labute approximate surface area is 121 Å². The molecule has 6 heteroatoms. The summed E-state index contributed by atoms with van der Waals surface area (Å²) in [6, 6.07) is 5.90. The van der Waals surface area contributed by atoms with E-state index in [4.69, 9.17) is 14.9 Å². The lowest BCUT2D eigenvalue weighted by Gasteiger charge is -2.14. The molecule has 0 spiro atoms. The minimum absolute atomic E-state index is 0.0278. The first-order valence-corrected chi connectivity index (χ1v) is 6.73. The number of pyridine rings is 1. The maximum atomic E-state index is 12.0. The highest BCUT2D eigenvalue weighted by molar-refractivity contribution is 5.96. The molecule has 0 aliphatic heterocycles. The van der Waals surface area contributed by atoms with Crippen molar-refractivity contribution in [1.82, 2.24) is 4.57 Å². The van der Waals surface area contributed by atoms with Crippen molar-refractivity contribution < 1.29 is 19.7 Å². The van der Waals surface area contributed by atoms with Crippen molar-refractivity contribution in [2.24, 2.45) is 0 Å². The summed E-state index contributed by atoms with van der Waals surface area (Å²) in [5.74, 6) is -0.686. The van der Waals surface area contributed by atoms with Gasteiger partial charge >= 0.3 is 5.97 Å². The molecule has 0 aliphatic rings. The van der Waals surface area contributed by atoms with Crippen molar-refractivity contribution in [3.63, 3.8) is 0 Å². The number of carboxylic acid groups (broad SMARTS) is 1. The van der Waals surface area contributed by atoms with Gasteiger partial charge in [0, 0.05) is 24.6 Å². The Bertz CT molecular complexity index is 720. The Balaban J connectivity index is 2.74. The molecule has 0 atom stereocenters. The van der Waals surface area contributed by atoms with E-state index >= 15 is 0 Å². The first-order chi connectivity index (χ1) is 10.1. The van der Waals surface area contributed by atoms with Gasteiger partial charge in [-0.3, -0.25) is 4.79 Å². The van der Waals surface area contributed by atoms with E-state index in [1.165, 1.54) is 22.8 Å². The number of aryl methyl sites for hydroxylation is 1. The average Bonchev–Trinajstić information content (AvgIpc) is 2.46. The van der Waals surface area contributed by atoms with E-state index in [2.05, 4.69) is 0 Å². The zero-order valence-corrected chi connectivity index (χ0v) is 11.7. The fraction of sp³-hybridized carbons (Fsp3) is 0.333. The van der Waals surface area contributed by atoms with Crippen molar-refractivity contribution >= 4 is 16.9 Å². The first kappa shape index (κ1) is 15.1. The van der Waals surface area contributed by atoms with Gasteiger partial charge in [-0.1, -0.05) is 0 Å². The van der Waals surface area contributed by atoms with Gasteiger partial charge in [0.2, 0.25) is 0 Å². The maximum Gasteiger partial charge on any atom is 0.335 e. The number of aromatic carboxylic acids is 1. The third-order valence-electron chi connectivity index (χ3n) is 3.13. The quantitative estimate of drug-likeness (QED) is 0.841. The van der Waals surface area contributed by atoms with Crippen LogP contribution in [0.25, 0.3) is 10.9 Å². The fourth-order valence-electron chi connectivity index (χ4n) is 2.25. The Morgan fingerprint density at radius 2 is 2.10 bits per heavy atom. The van der Waals surface area contributed by atoms with Crippen molar-refractivity contribution in [3.05, 3.63) is 40.2 Å².